The van der Waals surface area contributed by atoms with E-state index < -0.39 is 11.7 Å². The third-order valence-electron chi connectivity index (χ3n) is 3.86. The van der Waals surface area contributed by atoms with Crippen molar-refractivity contribution >= 4 is 11.8 Å². The van der Waals surface area contributed by atoms with Gasteiger partial charge in [0.05, 0.1) is 5.92 Å². The number of carbonyl (C=O) groups excluding carboxylic acids is 2. The van der Waals surface area contributed by atoms with E-state index in [1.54, 1.807) is 24.3 Å². The van der Waals surface area contributed by atoms with Gasteiger partial charge in [-0.25, -0.2) is 4.79 Å². The summed E-state index contributed by atoms with van der Waals surface area (Å²) < 4.78 is 6.06. The van der Waals surface area contributed by atoms with Gasteiger partial charge in [-0.3, -0.25) is 9.59 Å². The Hall–Kier alpha value is -2.90. The quantitative estimate of drug-likeness (QED) is 0.842. The fraction of sp³-hybridized carbons (Fsp3) is 0.333. The van der Waals surface area contributed by atoms with Crippen LogP contribution in [0.5, 0.6) is 0 Å². The first-order valence-corrected chi connectivity index (χ1v) is 7.25. The Kier molecular flexibility index (Phi) is 3.96. The van der Waals surface area contributed by atoms with Gasteiger partial charge in [0.1, 0.15) is 6.54 Å². The molecule has 2 amide bonds. The first-order valence-electron chi connectivity index (χ1n) is 7.25. The lowest BCUT2D eigenvalue weighted by atomic mass is 10.1. The van der Waals surface area contributed by atoms with Gasteiger partial charge in [-0.1, -0.05) is 18.2 Å². The predicted octanol–water partition coefficient (Wildman–Crippen LogP) is -0.163. The number of hydrogen-bond donors (Lipinski definition) is 1. The monoisotopic (exact) mass is 316 g/mol. The number of carbonyl (C=O) groups is 2. The second kappa shape index (κ2) is 6.07. The van der Waals surface area contributed by atoms with E-state index in [0.717, 1.165) is 4.68 Å². The summed E-state index contributed by atoms with van der Waals surface area (Å²) in [6, 6.07) is 8.96. The molecule has 1 aliphatic rings. The summed E-state index contributed by atoms with van der Waals surface area (Å²) in [5.74, 6) is -1.55. The van der Waals surface area contributed by atoms with E-state index in [-0.39, 0.29) is 30.8 Å². The second-order valence-electron chi connectivity index (χ2n) is 5.42. The van der Waals surface area contributed by atoms with Gasteiger partial charge in [0.2, 0.25) is 17.7 Å². The molecular weight excluding hydrogens is 300 g/mol. The normalized spacial score (nSPS) is 17.4. The molecule has 23 heavy (non-hydrogen) atoms. The number of nitrogens with two attached hydrogens (primary N) is 1. The molecule has 1 aromatic carbocycles. The molecule has 8 heteroatoms. The smallest absolute Gasteiger partial charge is 0.388 e. The minimum absolute atomic E-state index is 0.167. The number of benzene rings is 1. The Morgan fingerprint density at radius 1 is 1.30 bits per heavy atom. The van der Waals surface area contributed by atoms with Gasteiger partial charge in [-0.05, 0) is 18.6 Å². The highest BCUT2D eigenvalue weighted by Crippen LogP contribution is 2.17. The Labute approximate surface area is 131 Å². The maximum atomic E-state index is 12.2. The molecule has 1 aromatic heterocycles. The molecule has 0 unspecified atom stereocenters. The topological polar surface area (TPSA) is 111 Å². The van der Waals surface area contributed by atoms with Crippen molar-refractivity contribution in [1.82, 2.24) is 14.7 Å². The van der Waals surface area contributed by atoms with E-state index in [1.807, 2.05) is 6.07 Å². The van der Waals surface area contributed by atoms with Crippen molar-refractivity contribution in [3.63, 3.8) is 0 Å². The van der Waals surface area contributed by atoms with Crippen LogP contribution < -0.4 is 11.5 Å². The first-order chi connectivity index (χ1) is 11.0. The Balaban J connectivity index is 1.71. The van der Waals surface area contributed by atoms with Gasteiger partial charge in [0.25, 0.3) is 0 Å². The fourth-order valence-electron chi connectivity index (χ4n) is 2.55. The molecule has 1 saturated heterocycles. The summed E-state index contributed by atoms with van der Waals surface area (Å²) in [6.07, 6.45) is 0.546. The molecule has 0 aliphatic carbocycles. The molecule has 0 radical (unpaired) electrons. The highest BCUT2D eigenvalue weighted by molar-refractivity contribution is 5.80. The third kappa shape index (κ3) is 3.15. The highest BCUT2D eigenvalue weighted by Gasteiger charge is 2.30. The summed E-state index contributed by atoms with van der Waals surface area (Å²) >= 11 is 0. The number of hydrogen-bond acceptors (Lipinski definition) is 5. The molecule has 0 saturated carbocycles. The maximum absolute atomic E-state index is 12.2. The van der Waals surface area contributed by atoms with Crippen LogP contribution in [0.1, 0.15) is 6.42 Å². The molecule has 2 aromatic rings. The van der Waals surface area contributed by atoms with Crippen molar-refractivity contribution in [3.05, 3.63) is 40.9 Å². The first kappa shape index (κ1) is 15.0. The average molecular weight is 316 g/mol. The van der Waals surface area contributed by atoms with E-state index in [2.05, 4.69) is 5.10 Å². The van der Waals surface area contributed by atoms with Crippen LogP contribution in [0.2, 0.25) is 0 Å². The van der Waals surface area contributed by atoms with Crippen LogP contribution in [0, 0.1) is 5.92 Å². The molecule has 2 N–H and O–H groups in total. The van der Waals surface area contributed by atoms with Crippen molar-refractivity contribution in [2.75, 3.05) is 13.1 Å². The van der Waals surface area contributed by atoms with Gasteiger partial charge in [0, 0.05) is 18.7 Å². The molecular formula is C15H16N4O4. The molecule has 0 bridgehead atoms. The third-order valence-corrected chi connectivity index (χ3v) is 3.86. The van der Waals surface area contributed by atoms with E-state index in [0.29, 0.717) is 18.5 Å². The van der Waals surface area contributed by atoms with Crippen molar-refractivity contribution in [1.29, 1.82) is 0 Å². The van der Waals surface area contributed by atoms with Gasteiger partial charge in [-0.15, -0.1) is 5.10 Å². The lowest BCUT2D eigenvalue weighted by Gasteiger charge is -2.15. The largest absolute Gasteiger partial charge is 0.437 e. The summed E-state index contributed by atoms with van der Waals surface area (Å²) in [5, 5.41) is 4.04. The number of rotatable bonds is 4. The lowest BCUT2D eigenvalue weighted by Crippen LogP contribution is -2.36. The molecule has 3 rings (SSSR count). The van der Waals surface area contributed by atoms with Crippen LogP contribution in [-0.2, 0) is 16.1 Å². The Bertz CT molecular complexity index is 780. The van der Waals surface area contributed by atoms with Gasteiger partial charge in [0.15, 0.2) is 0 Å². The number of primary amides is 1. The zero-order valence-electron chi connectivity index (χ0n) is 12.3. The molecule has 120 valence electrons. The fourth-order valence-corrected chi connectivity index (χ4v) is 2.55. The van der Waals surface area contributed by atoms with Crippen LogP contribution in [-0.4, -0.2) is 39.6 Å². The van der Waals surface area contributed by atoms with Crippen LogP contribution in [0.25, 0.3) is 11.5 Å². The standard InChI is InChI=1S/C15H16N4O4/c16-13(21)11-6-7-18(8-11)12(20)9-19-15(22)23-14(17-19)10-4-2-1-3-5-10/h1-5,11H,6-9H2,(H2,16,21)/t11-/m1/s1. The van der Waals surface area contributed by atoms with Crippen LogP contribution in [0.4, 0.5) is 0 Å². The lowest BCUT2D eigenvalue weighted by molar-refractivity contribution is -0.131. The van der Waals surface area contributed by atoms with E-state index in [1.165, 1.54) is 4.90 Å². The Morgan fingerprint density at radius 3 is 2.70 bits per heavy atom. The number of nitrogens with zero attached hydrogens (tertiary/aromatic N) is 3. The molecule has 1 aliphatic heterocycles. The molecule has 8 nitrogen and oxygen atoms in total. The minimum Gasteiger partial charge on any atom is -0.388 e. The van der Waals surface area contributed by atoms with E-state index >= 15 is 0 Å². The van der Waals surface area contributed by atoms with Crippen LogP contribution >= 0.6 is 0 Å². The number of likely N-dealkylation sites (tertiary alicyclic amines) is 1. The van der Waals surface area contributed by atoms with Gasteiger partial charge in [-0.2, -0.15) is 4.68 Å². The van der Waals surface area contributed by atoms with Crippen molar-refractivity contribution in [2.24, 2.45) is 11.7 Å². The van der Waals surface area contributed by atoms with Crippen molar-refractivity contribution in [3.8, 4) is 11.5 Å². The molecule has 0 spiro atoms. The maximum Gasteiger partial charge on any atom is 0.437 e. The molecule has 1 atom stereocenters. The average Bonchev–Trinajstić information content (AvgIpc) is 3.16. The van der Waals surface area contributed by atoms with Crippen molar-refractivity contribution < 1.29 is 14.0 Å². The second-order valence-corrected chi connectivity index (χ2v) is 5.42. The van der Waals surface area contributed by atoms with Crippen LogP contribution in [0.3, 0.4) is 0 Å². The highest BCUT2D eigenvalue weighted by atomic mass is 16.4. The zero-order chi connectivity index (χ0) is 16.4. The minimum atomic E-state index is -0.692. The molecule has 1 fully saturated rings. The number of aromatic nitrogens is 2. The van der Waals surface area contributed by atoms with E-state index in [4.69, 9.17) is 10.2 Å². The zero-order valence-corrected chi connectivity index (χ0v) is 12.3. The van der Waals surface area contributed by atoms with Gasteiger partial charge < -0.3 is 15.1 Å². The van der Waals surface area contributed by atoms with Gasteiger partial charge >= 0.3 is 5.76 Å². The summed E-state index contributed by atoms with van der Waals surface area (Å²) in [6.45, 7) is 0.511. The number of amides is 2. The van der Waals surface area contributed by atoms with Crippen LogP contribution in [0.15, 0.2) is 39.5 Å². The SMILES string of the molecule is NC(=O)[C@@H]1CCN(C(=O)Cn2nc(-c3ccccc3)oc2=O)C1. The summed E-state index contributed by atoms with van der Waals surface area (Å²) in [5.41, 5.74) is 5.90. The van der Waals surface area contributed by atoms with E-state index in [9.17, 15) is 14.4 Å². The summed E-state index contributed by atoms with van der Waals surface area (Å²) in [7, 11) is 0. The Morgan fingerprint density at radius 2 is 2.04 bits per heavy atom. The predicted molar refractivity (Wildman–Crippen MR) is 80.1 cm³/mol. The summed E-state index contributed by atoms with van der Waals surface area (Å²) in [4.78, 5) is 36.7. The van der Waals surface area contributed by atoms with Crippen molar-refractivity contribution in [2.45, 2.75) is 13.0 Å². The molecule has 2 heterocycles.